The minimum atomic E-state index is -4.30. The molecule has 0 saturated heterocycles. The first-order valence-corrected chi connectivity index (χ1v) is 4.69. The van der Waals surface area contributed by atoms with Crippen molar-refractivity contribution in [3.8, 4) is 0 Å². The summed E-state index contributed by atoms with van der Waals surface area (Å²) in [5, 5.41) is 2.04. The van der Waals surface area contributed by atoms with Crippen molar-refractivity contribution in [2.45, 2.75) is 4.90 Å². The fraction of sp³-hybridized carbons (Fsp3) is 0. The zero-order valence-corrected chi connectivity index (χ0v) is 7.21. The molecule has 2 N–H and O–H groups in total. The second-order valence-corrected chi connectivity index (χ2v) is 3.59. The van der Waals surface area contributed by atoms with Crippen molar-refractivity contribution in [1.29, 1.82) is 0 Å². The van der Waals surface area contributed by atoms with E-state index >= 15 is 0 Å². The first-order chi connectivity index (χ1) is 6.05. The smallest absolute Gasteiger partial charge is 0.314 e. The molecule has 69 valence electrons. The maximum Gasteiger partial charge on any atom is 0.314 e. The zero-order valence-electron chi connectivity index (χ0n) is 6.39. The molecule has 6 heteroatoms. The van der Waals surface area contributed by atoms with Gasteiger partial charge in [0.2, 0.25) is 0 Å². The van der Waals surface area contributed by atoms with Crippen molar-refractivity contribution in [2.24, 2.45) is 0 Å². The predicted octanol–water partition coefficient (Wildman–Crippen LogP) is 0.412. The zero-order chi connectivity index (χ0) is 9.90. The highest BCUT2D eigenvalue weighted by Gasteiger charge is 2.13. The molecule has 0 heterocycles. The maximum atomic E-state index is 10.7. The van der Waals surface area contributed by atoms with Gasteiger partial charge in [0, 0.05) is 0 Å². The number of para-hydroxylation sites is 1. The summed E-state index contributed by atoms with van der Waals surface area (Å²) in [5.74, 6) is 0. The second kappa shape index (κ2) is 3.55. The highest BCUT2D eigenvalue weighted by molar-refractivity contribution is 7.86. The lowest BCUT2D eigenvalue weighted by molar-refractivity contribution is 0.483. The minimum absolute atomic E-state index is 0.000000000000000444. The van der Waals surface area contributed by atoms with E-state index in [1.807, 2.05) is 5.32 Å². The van der Waals surface area contributed by atoms with Gasteiger partial charge in [0.05, 0.1) is 5.69 Å². The fourth-order valence-electron chi connectivity index (χ4n) is 0.850. The van der Waals surface area contributed by atoms with E-state index in [1.165, 1.54) is 30.7 Å². The molecule has 5 nitrogen and oxygen atoms in total. The first-order valence-electron chi connectivity index (χ1n) is 3.25. The van der Waals surface area contributed by atoms with Crippen LogP contribution in [0.1, 0.15) is 0 Å². The maximum absolute atomic E-state index is 10.7. The van der Waals surface area contributed by atoms with Gasteiger partial charge in [-0.05, 0) is 12.1 Å². The van der Waals surface area contributed by atoms with E-state index in [1.54, 1.807) is 0 Å². The van der Waals surface area contributed by atoms with Crippen LogP contribution in [0.25, 0.3) is 0 Å². The molecule has 13 heavy (non-hydrogen) atoms. The van der Waals surface area contributed by atoms with Crippen LogP contribution >= 0.6 is 0 Å². The van der Waals surface area contributed by atoms with E-state index in [9.17, 15) is 13.2 Å². The van der Waals surface area contributed by atoms with E-state index < -0.39 is 10.1 Å². The average molecular weight is 200 g/mol. The number of nitrogens with one attached hydrogen (secondary N) is 1. The number of rotatable bonds is 3. The number of anilines is 1. The van der Waals surface area contributed by atoms with Gasteiger partial charge >= 0.3 is 6.41 Å². The lowest BCUT2D eigenvalue weighted by Gasteiger charge is -2.02. The largest absolute Gasteiger partial charge is 0.316 e. The van der Waals surface area contributed by atoms with Crippen molar-refractivity contribution in [3.63, 3.8) is 0 Å². The van der Waals surface area contributed by atoms with E-state index in [0.29, 0.717) is 0 Å². The standard InChI is InChI=1S/C7H6NO4S/c9-5-8-6-3-1-2-4-7(6)13(10,11)12/h1-4H,(H,8,9)(H,10,11,12). The van der Waals surface area contributed by atoms with Gasteiger partial charge in [-0.15, -0.1) is 0 Å². The molecule has 0 aliphatic carbocycles. The van der Waals surface area contributed by atoms with E-state index in [0.717, 1.165) is 0 Å². The van der Waals surface area contributed by atoms with Gasteiger partial charge in [-0.1, -0.05) is 12.1 Å². The summed E-state index contributed by atoms with van der Waals surface area (Å²) >= 11 is 0. The summed E-state index contributed by atoms with van der Waals surface area (Å²) in [5.41, 5.74) is 0.000000000000000444. The van der Waals surface area contributed by atoms with Crippen molar-refractivity contribution in [3.05, 3.63) is 24.3 Å². The summed E-state index contributed by atoms with van der Waals surface area (Å²) in [7, 11) is -4.30. The molecule has 1 radical (unpaired) electrons. The van der Waals surface area contributed by atoms with Gasteiger partial charge in [-0.25, -0.2) is 0 Å². The lowest BCUT2D eigenvalue weighted by atomic mass is 10.3. The van der Waals surface area contributed by atoms with Crippen LogP contribution in [0.3, 0.4) is 0 Å². The number of carbonyl (C=O) groups excluding carboxylic acids is 1. The van der Waals surface area contributed by atoms with Crippen LogP contribution in [0.2, 0.25) is 0 Å². The SMILES string of the molecule is O=[C]Nc1ccccc1S(=O)(=O)O. The van der Waals surface area contributed by atoms with Crippen LogP contribution < -0.4 is 5.32 Å². The van der Waals surface area contributed by atoms with Crippen LogP contribution in [0.15, 0.2) is 29.2 Å². The number of hydrogen-bond donors (Lipinski definition) is 2. The molecule has 0 aromatic heterocycles. The third kappa shape index (κ3) is 2.27. The van der Waals surface area contributed by atoms with Crippen molar-refractivity contribution < 1.29 is 17.8 Å². The number of hydrogen-bond acceptors (Lipinski definition) is 3. The van der Waals surface area contributed by atoms with Gasteiger partial charge in [0.15, 0.2) is 0 Å². The molecule has 1 aromatic carbocycles. The molecular weight excluding hydrogens is 194 g/mol. The average Bonchev–Trinajstić information content (AvgIpc) is 2.04. The Balaban J connectivity index is 3.28. The summed E-state index contributed by atoms with van der Waals surface area (Å²) in [6, 6.07) is 5.47. The molecule has 0 aliphatic rings. The summed E-state index contributed by atoms with van der Waals surface area (Å²) in [6.45, 7) is 0. The lowest BCUT2D eigenvalue weighted by Crippen LogP contribution is -2.04. The van der Waals surface area contributed by atoms with Crippen molar-refractivity contribution >= 4 is 22.2 Å². The van der Waals surface area contributed by atoms with E-state index in [2.05, 4.69) is 0 Å². The Morgan fingerprint density at radius 2 is 1.92 bits per heavy atom. The molecule has 0 spiro atoms. The van der Waals surface area contributed by atoms with Crippen LogP contribution in [-0.4, -0.2) is 19.4 Å². The summed E-state index contributed by atoms with van der Waals surface area (Å²) < 4.78 is 30.1. The quantitative estimate of drug-likeness (QED) is 0.546. The highest BCUT2D eigenvalue weighted by Crippen LogP contribution is 2.19. The molecule has 0 saturated carbocycles. The van der Waals surface area contributed by atoms with Gasteiger partial charge in [0.1, 0.15) is 4.90 Å². The highest BCUT2D eigenvalue weighted by atomic mass is 32.2. The second-order valence-electron chi connectivity index (χ2n) is 2.20. The third-order valence-corrected chi connectivity index (χ3v) is 2.26. The topological polar surface area (TPSA) is 83.5 Å². The Hall–Kier alpha value is -1.40. The molecular formula is C7H6NO4S. The Kier molecular flexibility index (Phi) is 2.64. The third-order valence-electron chi connectivity index (χ3n) is 1.35. The fourth-order valence-corrected chi connectivity index (χ4v) is 1.50. The molecule has 1 aromatic rings. The van der Waals surface area contributed by atoms with Crippen LogP contribution in [-0.2, 0) is 14.9 Å². The van der Waals surface area contributed by atoms with Crippen molar-refractivity contribution in [1.82, 2.24) is 0 Å². The summed E-state index contributed by atoms with van der Waals surface area (Å²) in [6.07, 6.45) is 1.32. The Morgan fingerprint density at radius 1 is 1.31 bits per heavy atom. The summed E-state index contributed by atoms with van der Waals surface area (Å²) in [4.78, 5) is 9.59. The van der Waals surface area contributed by atoms with Gasteiger partial charge in [-0.2, -0.15) is 8.42 Å². The Labute approximate surface area is 75.1 Å². The number of amides is 1. The molecule has 1 amide bonds. The molecule has 1 rings (SSSR count). The van der Waals surface area contributed by atoms with Gasteiger partial charge < -0.3 is 5.32 Å². The molecule has 0 atom stereocenters. The van der Waals surface area contributed by atoms with E-state index in [-0.39, 0.29) is 10.6 Å². The Bertz CT molecular complexity index is 412. The van der Waals surface area contributed by atoms with Crippen LogP contribution in [0.5, 0.6) is 0 Å². The Morgan fingerprint density at radius 3 is 2.46 bits per heavy atom. The van der Waals surface area contributed by atoms with Crippen molar-refractivity contribution in [2.75, 3.05) is 5.32 Å². The molecule has 0 unspecified atom stereocenters. The normalized spacial score (nSPS) is 10.8. The number of benzene rings is 1. The first kappa shape index (κ1) is 9.69. The predicted molar refractivity (Wildman–Crippen MR) is 45.6 cm³/mol. The minimum Gasteiger partial charge on any atom is -0.316 e. The van der Waals surface area contributed by atoms with Crippen LogP contribution in [0.4, 0.5) is 5.69 Å². The van der Waals surface area contributed by atoms with Crippen LogP contribution in [0, 0.1) is 0 Å². The van der Waals surface area contributed by atoms with Gasteiger partial charge in [0.25, 0.3) is 10.1 Å². The molecule has 0 fully saturated rings. The monoisotopic (exact) mass is 200 g/mol. The van der Waals surface area contributed by atoms with E-state index in [4.69, 9.17) is 4.55 Å². The molecule has 0 aliphatic heterocycles. The van der Waals surface area contributed by atoms with Gasteiger partial charge in [-0.3, -0.25) is 9.35 Å². The molecule has 0 bridgehead atoms.